The molecule has 1 amide bonds. The first-order valence-corrected chi connectivity index (χ1v) is 7.40. The number of nitrogens with zero attached hydrogens (tertiary/aromatic N) is 2. The maximum Gasteiger partial charge on any atom is 0.237 e. The average molecular weight is 296 g/mol. The van der Waals surface area contributed by atoms with Crippen LogP contribution in [0.1, 0.15) is 6.92 Å². The van der Waals surface area contributed by atoms with E-state index < -0.39 is 0 Å². The number of imidazole rings is 1. The lowest BCUT2D eigenvalue weighted by molar-refractivity contribution is -0.115. The highest BCUT2D eigenvalue weighted by atomic mass is 35.5. The van der Waals surface area contributed by atoms with Crippen molar-refractivity contribution in [1.82, 2.24) is 9.55 Å². The summed E-state index contributed by atoms with van der Waals surface area (Å²) < 4.78 is 1.82. The molecule has 1 heterocycles. The number of carbonyl (C=O) groups is 1. The van der Waals surface area contributed by atoms with Gasteiger partial charge in [-0.15, -0.1) is 0 Å². The van der Waals surface area contributed by atoms with Gasteiger partial charge in [-0.25, -0.2) is 4.98 Å². The van der Waals surface area contributed by atoms with E-state index in [9.17, 15) is 4.79 Å². The summed E-state index contributed by atoms with van der Waals surface area (Å²) in [6, 6.07) is 5.41. The quantitative estimate of drug-likeness (QED) is 0.942. The van der Waals surface area contributed by atoms with Gasteiger partial charge in [0.15, 0.2) is 0 Å². The Morgan fingerprint density at radius 3 is 2.89 bits per heavy atom. The van der Waals surface area contributed by atoms with Crippen molar-refractivity contribution >= 4 is 35.0 Å². The third-order valence-corrected chi connectivity index (χ3v) is 3.94. The molecule has 0 radical (unpaired) electrons. The van der Waals surface area contributed by atoms with Crippen molar-refractivity contribution in [2.45, 2.75) is 12.2 Å². The van der Waals surface area contributed by atoms with Crippen LogP contribution in [0, 0.1) is 0 Å². The Morgan fingerprint density at radius 2 is 2.32 bits per heavy atom. The SMILES string of the molecule is CSC(C)C(=O)Nc1ccc(-n2ccnc2)c(Cl)c1. The Kier molecular flexibility index (Phi) is 4.50. The van der Waals surface area contributed by atoms with Crippen molar-refractivity contribution in [3.63, 3.8) is 0 Å². The number of halogens is 1. The molecule has 0 saturated carbocycles. The van der Waals surface area contributed by atoms with Crippen LogP contribution in [0.4, 0.5) is 5.69 Å². The van der Waals surface area contributed by atoms with Gasteiger partial charge in [-0.3, -0.25) is 4.79 Å². The number of anilines is 1. The lowest BCUT2D eigenvalue weighted by Crippen LogP contribution is -2.22. The summed E-state index contributed by atoms with van der Waals surface area (Å²) >= 11 is 7.71. The fourth-order valence-corrected chi connectivity index (χ4v) is 2.10. The van der Waals surface area contributed by atoms with E-state index in [0.29, 0.717) is 10.7 Å². The molecule has 1 unspecified atom stereocenters. The number of rotatable bonds is 4. The Balaban J connectivity index is 2.18. The zero-order chi connectivity index (χ0) is 13.8. The van der Waals surface area contributed by atoms with E-state index in [0.717, 1.165) is 5.69 Å². The van der Waals surface area contributed by atoms with E-state index in [1.807, 2.05) is 36.1 Å². The fourth-order valence-electron chi connectivity index (χ4n) is 1.55. The van der Waals surface area contributed by atoms with Gasteiger partial charge in [0.2, 0.25) is 5.91 Å². The Labute approximate surface area is 121 Å². The maximum atomic E-state index is 11.8. The van der Waals surface area contributed by atoms with E-state index in [1.54, 1.807) is 18.6 Å². The van der Waals surface area contributed by atoms with Crippen LogP contribution in [0.2, 0.25) is 5.02 Å². The standard InChI is InChI=1S/C13H14ClN3OS/c1-9(19-2)13(18)16-10-3-4-12(11(14)7-10)17-6-5-15-8-17/h3-9H,1-2H3,(H,16,18). The molecule has 1 aromatic carbocycles. The minimum atomic E-state index is -0.0906. The second-order valence-electron chi connectivity index (χ2n) is 4.00. The van der Waals surface area contributed by atoms with Crippen LogP contribution in [0.3, 0.4) is 0 Å². The van der Waals surface area contributed by atoms with Crippen LogP contribution in [0.15, 0.2) is 36.9 Å². The van der Waals surface area contributed by atoms with Crippen molar-refractivity contribution in [1.29, 1.82) is 0 Å². The second-order valence-corrected chi connectivity index (χ2v) is 5.59. The summed E-state index contributed by atoms with van der Waals surface area (Å²) in [6.07, 6.45) is 7.08. The van der Waals surface area contributed by atoms with Crippen molar-refractivity contribution in [2.75, 3.05) is 11.6 Å². The number of thioether (sulfide) groups is 1. The molecule has 0 saturated heterocycles. The number of benzene rings is 1. The van der Waals surface area contributed by atoms with Crippen LogP contribution in [-0.4, -0.2) is 27.0 Å². The number of amides is 1. The monoisotopic (exact) mass is 295 g/mol. The highest BCUT2D eigenvalue weighted by Crippen LogP contribution is 2.24. The number of nitrogens with one attached hydrogen (secondary N) is 1. The van der Waals surface area contributed by atoms with Crippen molar-refractivity contribution in [3.8, 4) is 5.69 Å². The molecular weight excluding hydrogens is 282 g/mol. The predicted molar refractivity (Wildman–Crippen MR) is 80.2 cm³/mol. The topological polar surface area (TPSA) is 46.9 Å². The molecule has 1 N–H and O–H groups in total. The maximum absolute atomic E-state index is 11.8. The van der Waals surface area contributed by atoms with E-state index in [-0.39, 0.29) is 11.2 Å². The van der Waals surface area contributed by atoms with Crippen LogP contribution < -0.4 is 5.32 Å². The largest absolute Gasteiger partial charge is 0.325 e. The molecule has 0 aliphatic rings. The summed E-state index contributed by atoms with van der Waals surface area (Å²) in [5, 5.41) is 3.31. The van der Waals surface area contributed by atoms with Crippen molar-refractivity contribution in [3.05, 3.63) is 41.9 Å². The molecule has 0 bridgehead atoms. The molecule has 2 rings (SSSR count). The summed E-state index contributed by atoms with van der Waals surface area (Å²) in [5.41, 5.74) is 1.52. The Morgan fingerprint density at radius 1 is 1.53 bits per heavy atom. The van der Waals surface area contributed by atoms with E-state index in [2.05, 4.69) is 10.3 Å². The first-order chi connectivity index (χ1) is 9.11. The molecule has 100 valence electrons. The van der Waals surface area contributed by atoms with Gasteiger partial charge in [-0.05, 0) is 31.4 Å². The normalized spacial score (nSPS) is 12.2. The summed E-state index contributed by atoms with van der Waals surface area (Å²) in [4.78, 5) is 15.8. The summed E-state index contributed by atoms with van der Waals surface area (Å²) in [6.45, 7) is 1.86. The van der Waals surface area contributed by atoms with E-state index in [1.165, 1.54) is 11.8 Å². The third kappa shape index (κ3) is 3.30. The van der Waals surface area contributed by atoms with Gasteiger partial charge in [0.1, 0.15) is 0 Å². The predicted octanol–water partition coefficient (Wildman–Crippen LogP) is 3.22. The number of hydrogen-bond acceptors (Lipinski definition) is 3. The molecule has 0 aliphatic carbocycles. The van der Waals surface area contributed by atoms with Gasteiger partial charge in [0, 0.05) is 18.1 Å². The number of hydrogen-bond donors (Lipinski definition) is 1. The lowest BCUT2D eigenvalue weighted by atomic mass is 10.2. The molecule has 4 nitrogen and oxygen atoms in total. The lowest BCUT2D eigenvalue weighted by Gasteiger charge is -2.11. The zero-order valence-electron chi connectivity index (χ0n) is 10.6. The molecule has 6 heteroatoms. The van der Waals surface area contributed by atoms with Crippen LogP contribution in [0.5, 0.6) is 0 Å². The van der Waals surface area contributed by atoms with Gasteiger partial charge in [-0.2, -0.15) is 11.8 Å². The first kappa shape index (κ1) is 14.0. The van der Waals surface area contributed by atoms with Gasteiger partial charge < -0.3 is 9.88 Å². The molecule has 19 heavy (non-hydrogen) atoms. The molecule has 1 aromatic heterocycles. The summed E-state index contributed by atoms with van der Waals surface area (Å²) in [5.74, 6) is -0.0288. The molecule has 0 aliphatic heterocycles. The van der Waals surface area contributed by atoms with Gasteiger partial charge >= 0.3 is 0 Å². The van der Waals surface area contributed by atoms with Crippen molar-refractivity contribution < 1.29 is 4.79 Å². The van der Waals surface area contributed by atoms with Gasteiger partial charge in [0.05, 0.1) is 22.3 Å². The highest BCUT2D eigenvalue weighted by molar-refractivity contribution is 7.99. The highest BCUT2D eigenvalue weighted by Gasteiger charge is 2.12. The van der Waals surface area contributed by atoms with Crippen LogP contribution in [-0.2, 0) is 4.79 Å². The van der Waals surface area contributed by atoms with Gasteiger partial charge in [-0.1, -0.05) is 11.6 Å². The fraction of sp³-hybridized carbons (Fsp3) is 0.231. The minimum Gasteiger partial charge on any atom is -0.325 e. The molecule has 0 spiro atoms. The van der Waals surface area contributed by atoms with Crippen molar-refractivity contribution in [2.24, 2.45) is 0 Å². The van der Waals surface area contributed by atoms with Gasteiger partial charge in [0.25, 0.3) is 0 Å². The minimum absolute atomic E-state index is 0.0288. The van der Waals surface area contributed by atoms with E-state index in [4.69, 9.17) is 11.6 Å². The first-order valence-electron chi connectivity index (χ1n) is 5.73. The number of carbonyl (C=O) groups excluding carboxylic acids is 1. The number of aromatic nitrogens is 2. The van der Waals surface area contributed by atoms with Crippen LogP contribution >= 0.6 is 23.4 Å². The molecular formula is C13H14ClN3OS. The zero-order valence-corrected chi connectivity index (χ0v) is 12.2. The average Bonchev–Trinajstić information content (AvgIpc) is 2.91. The Hall–Kier alpha value is -1.46. The van der Waals surface area contributed by atoms with E-state index >= 15 is 0 Å². The smallest absolute Gasteiger partial charge is 0.237 e. The van der Waals surface area contributed by atoms with Crippen LogP contribution in [0.25, 0.3) is 5.69 Å². The second kappa shape index (κ2) is 6.12. The Bertz CT molecular complexity index is 571. The molecule has 2 aromatic rings. The molecule has 1 atom stereocenters. The third-order valence-electron chi connectivity index (χ3n) is 2.72. The molecule has 0 fully saturated rings. The summed E-state index contributed by atoms with van der Waals surface area (Å²) in [7, 11) is 0.